The average Bonchev–Trinajstić information content (AvgIpc) is 2.52. The van der Waals surface area contributed by atoms with Gasteiger partial charge in [-0.25, -0.2) is 0 Å². The molecule has 1 aliphatic rings. The van der Waals surface area contributed by atoms with E-state index in [1.165, 1.54) is 6.42 Å². The Bertz CT molecular complexity index is 288. The third-order valence-electron chi connectivity index (χ3n) is 2.81. The molecule has 1 fully saturated rings. The van der Waals surface area contributed by atoms with E-state index in [4.69, 9.17) is 9.15 Å². The predicted molar refractivity (Wildman–Crippen MR) is 58.7 cm³/mol. The van der Waals surface area contributed by atoms with Crippen LogP contribution in [-0.2, 0) is 11.3 Å². The maximum absolute atomic E-state index is 5.51. The first-order valence-corrected chi connectivity index (χ1v) is 5.71. The van der Waals surface area contributed by atoms with Crippen molar-refractivity contribution < 1.29 is 9.15 Å². The van der Waals surface area contributed by atoms with Crippen molar-refractivity contribution in [3.05, 3.63) is 23.7 Å². The van der Waals surface area contributed by atoms with Gasteiger partial charge in [0.25, 0.3) is 0 Å². The van der Waals surface area contributed by atoms with Gasteiger partial charge in [0.05, 0.1) is 6.54 Å². The standard InChI is InChI=1S/C12H19NO2/c1-10-4-5-12(15-10)9-13-11-3-2-7-14-8-6-11/h4-5,11,13H,2-3,6-9H2,1H3. The van der Waals surface area contributed by atoms with Crippen LogP contribution in [0, 0.1) is 6.92 Å². The highest BCUT2D eigenvalue weighted by molar-refractivity contribution is 5.05. The summed E-state index contributed by atoms with van der Waals surface area (Å²) in [6, 6.07) is 4.63. The summed E-state index contributed by atoms with van der Waals surface area (Å²) in [7, 11) is 0. The van der Waals surface area contributed by atoms with Crippen LogP contribution >= 0.6 is 0 Å². The Kier molecular flexibility index (Phi) is 3.80. The molecule has 84 valence electrons. The second kappa shape index (κ2) is 5.33. The van der Waals surface area contributed by atoms with Crippen molar-refractivity contribution >= 4 is 0 Å². The number of ether oxygens (including phenoxy) is 1. The molecule has 0 radical (unpaired) electrons. The molecule has 0 bridgehead atoms. The van der Waals surface area contributed by atoms with Crippen molar-refractivity contribution in [3.8, 4) is 0 Å². The van der Waals surface area contributed by atoms with Gasteiger partial charge in [-0.2, -0.15) is 0 Å². The van der Waals surface area contributed by atoms with Crippen LogP contribution in [0.15, 0.2) is 16.5 Å². The molecule has 1 saturated heterocycles. The normalized spacial score (nSPS) is 22.6. The lowest BCUT2D eigenvalue weighted by Gasteiger charge is -2.14. The van der Waals surface area contributed by atoms with E-state index in [0.29, 0.717) is 6.04 Å². The van der Waals surface area contributed by atoms with Gasteiger partial charge in [0, 0.05) is 19.3 Å². The fourth-order valence-electron chi connectivity index (χ4n) is 1.93. The minimum Gasteiger partial charge on any atom is -0.465 e. The van der Waals surface area contributed by atoms with Gasteiger partial charge in [-0.15, -0.1) is 0 Å². The number of rotatable bonds is 3. The van der Waals surface area contributed by atoms with Gasteiger partial charge in [-0.3, -0.25) is 0 Å². The van der Waals surface area contributed by atoms with Gasteiger partial charge in [0.2, 0.25) is 0 Å². The Labute approximate surface area is 90.8 Å². The first kappa shape index (κ1) is 10.7. The Morgan fingerprint density at radius 3 is 3.07 bits per heavy atom. The molecule has 1 aromatic heterocycles. The summed E-state index contributed by atoms with van der Waals surface area (Å²) in [6.07, 6.45) is 3.48. The van der Waals surface area contributed by atoms with Crippen LogP contribution in [0.4, 0.5) is 0 Å². The molecular weight excluding hydrogens is 190 g/mol. The lowest BCUT2D eigenvalue weighted by Crippen LogP contribution is -2.28. The molecule has 1 aromatic rings. The third-order valence-corrected chi connectivity index (χ3v) is 2.81. The Morgan fingerprint density at radius 2 is 2.27 bits per heavy atom. The number of hydrogen-bond acceptors (Lipinski definition) is 3. The van der Waals surface area contributed by atoms with Gasteiger partial charge >= 0.3 is 0 Å². The topological polar surface area (TPSA) is 34.4 Å². The Balaban J connectivity index is 1.76. The molecule has 15 heavy (non-hydrogen) atoms. The van der Waals surface area contributed by atoms with E-state index in [-0.39, 0.29) is 0 Å². The minimum atomic E-state index is 0.581. The summed E-state index contributed by atoms with van der Waals surface area (Å²) < 4.78 is 10.9. The highest BCUT2D eigenvalue weighted by Crippen LogP contribution is 2.10. The van der Waals surface area contributed by atoms with Crippen LogP contribution in [0.5, 0.6) is 0 Å². The average molecular weight is 209 g/mol. The summed E-state index contributed by atoms with van der Waals surface area (Å²) in [5, 5.41) is 3.52. The van der Waals surface area contributed by atoms with Gasteiger partial charge < -0.3 is 14.5 Å². The third kappa shape index (κ3) is 3.36. The number of hydrogen-bond donors (Lipinski definition) is 1. The predicted octanol–water partition coefficient (Wildman–Crippen LogP) is 2.25. The first-order chi connectivity index (χ1) is 7.34. The van der Waals surface area contributed by atoms with Crippen molar-refractivity contribution in [1.82, 2.24) is 5.32 Å². The second-order valence-electron chi connectivity index (χ2n) is 4.13. The fraction of sp³-hybridized carbons (Fsp3) is 0.667. The summed E-state index contributed by atoms with van der Waals surface area (Å²) >= 11 is 0. The molecule has 1 N–H and O–H groups in total. The number of nitrogens with one attached hydrogen (secondary N) is 1. The van der Waals surface area contributed by atoms with E-state index in [9.17, 15) is 0 Å². The fourth-order valence-corrected chi connectivity index (χ4v) is 1.93. The van der Waals surface area contributed by atoms with Gasteiger partial charge in [-0.1, -0.05) is 0 Å². The minimum absolute atomic E-state index is 0.581. The highest BCUT2D eigenvalue weighted by Gasteiger charge is 2.12. The molecule has 2 heterocycles. The molecule has 2 rings (SSSR count). The van der Waals surface area contributed by atoms with E-state index < -0.39 is 0 Å². The van der Waals surface area contributed by atoms with Crippen molar-refractivity contribution in [1.29, 1.82) is 0 Å². The lowest BCUT2D eigenvalue weighted by atomic mass is 10.1. The highest BCUT2D eigenvalue weighted by atomic mass is 16.5. The summed E-state index contributed by atoms with van der Waals surface area (Å²) in [5.74, 6) is 2.01. The molecule has 1 atom stereocenters. The maximum atomic E-state index is 5.51. The molecule has 3 nitrogen and oxygen atoms in total. The molecule has 0 aliphatic carbocycles. The second-order valence-corrected chi connectivity index (χ2v) is 4.13. The van der Waals surface area contributed by atoms with E-state index in [2.05, 4.69) is 5.32 Å². The largest absolute Gasteiger partial charge is 0.465 e. The van der Waals surface area contributed by atoms with E-state index in [1.54, 1.807) is 0 Å². The van der Waals surface area contributed by atoms with Gasteiger partial charge in [-0.05, 0) is 38.3 Å². The quantitative estimate of drug-likeness (QED) is 0.829. The van der Waals surface area contributed by atoms with E-state index in [0.717, 1.165) is 44.1 Å². The molecular formula is C12H19NO2. The first-order valence-electron chi connectivity index (χ1n) is 5.71. The Morgan fingerprint density at radius 1 is 1.33 bits per heavy atom. The zero-order chi connectivity index (χ0) is 10.5. The van der Waals surface area contributed by atoms with Crippen LogP contribution < -0.4 is 5.32 Å². The zero-order valence-electron chi connectivity index (χ0n) is 9.29. The van der Waals surface area contributed by atoms with Crippen molar-refractivity contribution in [2.24, 2.45) is 0 Å². The van der Waals surface area contributed by atoms with E-state index >= 15 is 0 Å². The SMILES string of the molecule is Cc1ccc(CNC2CCCOCC2)o1. The van der Waals surface area contributed by atoms with Crippen LogP contribution in [-0.4, -0.2) is 19.3 Å². The molecule has 0 spiro atoms. The van der Waals surface area contributed by atoms with Crippen molar-refractivity contribution in [3.63, 3.8) is 0 Å². The number of aryl methyl sites for hydroxylation is 1. The molecule has 0 aromatic carbocycles. The van der Waals surface area contributed by atoms with Crippen LogP contribution in [0.3, 0.4) is 0 Å². The van der Waals surface area contributed by atoms with Crippen LogP contribution in [0.25, 0.3) is 0 Å². The summed E-state index contributed by atoms with van der Waals surface area (Å²) in [5.41, 5.74) is 0. The van der Waals surface area contributed by atoms with E-state index in [1.807, 2.05) is 19.1 Å². The van der Waals surface area contributed by atoms with Crippen LogP contribution in [0.2, 0.25) is 0 Å². The maximum Gasteiger partial charge on any atom is 0.117 e. The Hall–Kier alpha value is -0.800. The zero-order valence-corrected chi connectivity index (χ0v) is 9.29. The van der Waals surface area contributed by atoms with Crippen LogP contribution in [0.1, 0.15) is 30.8 Å². The summed E-state index contributed by atoms with van der Waals surface area (Å²) in [4.78, 5) is 0. The van der Waals surface area contributed by atoms with Gasteiger partial charge in [0.1, 0.15) is 11.5 Å². The molecule has 1 aliphatic heterocycles. The molecule has 0 saturated carbocycles. The molecule has 1 unspecified atom stereocenters. The number of furan rings is 1. The van der Waals surface area contributed by atoms with Gasteiger partial charge in [0.15, 0.2) is 0 Å². The van der Waals surface area contributed by atoms with Crippen molar-refractivity contribution in [2.75, 3.05) is 13.2 Å². The summed E-state index contributed by atoms with van der Waals surface area (Å²) in [6.45, 7) is 4.61. The lowest BCUT2D eigenvalue weighted by molar-refractivity contribution is 0.142. The van der Waals surface area contributed by atoms with Crippen molar-refractivity contribution in [2.45, 2.75) is 38.8 Å². The molecule has 3 heteroatoms. The molecule has 0 amide bonds. The monoisotopic (exact) mass is 209 g/mol. The smallest absolute Gasteiger partial charge is 0.117 e.